The highest BCUT2D eigenvalue weighted by Gasteiger charge is 2.30. The van der Waals surface area contributed by atoms with Crippen LogP contribution in [0.4, 0.5) is 0 Å². The molecular formula is C16H20Br2N2O. The largest absolute Gasteiger partial charge is 0.337 e. The lowest BCUT2D eigenvalue weighted by atomic mass is 10.1. The number of hydrogen-bond donors (Lipinski definition) is 1. The number of amides is 1. The summed E-state index contributed by atoms with van der Waals surface area (Å²) in [4.78, 5) is 14.9. The first-order valence-corrected chi connectivity index (χ1v) is 9.20. The van der Waals surface area contributed by atoms with Crippen LogP contribution in [0.5, 0.6) is 0 Å². The molecule has 1 aromatic rings. The molecule has 114 valence electrons. The molecule has 0 spiro atoms. The van der Waals surface area contributed by atoms with Crippen LogP contribution < -0.4 is 5.32 Å². The fraction of sp³-hybridized carbons (Fsp3) is 0.562. The van der Waals surface area contributed by atoms with Crippen molar-refractivity contribution in [2.75, 3.05) is 19.6 Å². The normalized spacial score (nSPS) is 21.5. The smallest absolute Gasteiger partial charge is 0.255 e. The Morgan fingerprint density at radius 3 is 2.67 bits per heavy atom. The van der Waals surface area contributed by atoms with E-state index in [2.05, 4.69) is 42.1 Å². The van der Waals surface area contributed by atoms with Crippen molar-refractivity contribution in [2.45, 2.75) is 31.7 Å². The van der Waals surface area contributed by atoms with Crippen molar-refractivity contribution < 1.29 is 4.79 Å². The molecule has 1 saturated carbocycles. The number of carbonyl (C=O) groups is 1. The van der Waals surface area contributed by atoms with Gasteiger partial charge in [-0.05, 0) is 72.3 Å². The van der Waals surface area contributed by atoms with Gasteiger partial charge in [-0.2, -0.15) is 0 Å². The maximum absolute atomic E-state index is 12.9. The topological polar surface area (TPSA) is 32.3 Å². The molecular weight excluding hydrogens is 396 g/mol. The van der Waals surface area contributed by atoms with Gasteiger partial charge in [-0.15, -0.1) is 0 Å². The van der Waals surface area contributed by atoms with Crippen molar-refractivity contribution in [2.24, 2.45) is 5.92 Å². The first-order chi connectivity index (χ1) is 10.1. The third-order valence-electron chi connectivity index (χ3n) is 4.23. The highest BCUT2D eigenvalue weighted by atomic mass is 79.9. The van der Waals surface area contributed by atoms with E-state index in [1.807, 2.05) is 18.2 Å². The minimum atomic E-state index is 0.148. The molecule has 2 aliphatic rings. The predicted octanol–water partition coefficient (Wildman–Crippen LogP) is 3.82. The lowest BCUT2D eigenvalue weighted by Crippen LogP contribution is -2.42. The van der Waals surface area contributed by atoms with E-state index in [0.717, 1.165) is 34.1 Å². The highest BCUT2D eigenvalue weighted by Crippen LogP contribution is 2.31. The Labute approximate surface area is 142 Å². The van der Waals surface area contributed by atoms with Gasteiger partial charge in [-0.3, -0.25) is 4.79 Å². The Morgan fingerprint density at radius 2 is 2.05 bits per heavy atom. The van der Waals surface area contributed by atoms with Gasteiger partial charge in [-0.25, -0.2) is 0 Å². The predicted molar refractivity (Wildman–Crippen MR) is 91.5 cm³/mol. The zero-order valence-corrected chi connectivity index (χ0v) is 15.1. The zero-order chi connectivity index (χ0) is 14.8. The van der Waals surface area contributed by atoms with E-state index in [4.69, 9.17) is 0 Å². The number of nitrogens with one attached hydrogen (secondary N) is 1. The molecule has 1 heterocycles. The summed E-state index contributed by atoms with van der Waals surface area (Å²) in [5, 5.41) is 3.50. The average molecular weight is 416 g/mol. The fourth-order valence-electron chi connectivity index (χ4n) is 2.86. The SMILES string of the molecule is O=C(c1ccc(Br)cc1Br)N(CC1CC1)CC1CCCN1. The number of rotatable bonds is 5. The second kappa shape index (κ2) is 6.80. The molecule has 1 amide bonds. The standard InChI is InChI=1S/C16H20Br2N2O/c17-12-5-6-14(15(18)8-12)16(21)20(9-11-3-4-11)10-13-2-1-7-19-13/h5-6,8,11,13,19H,1-4,7,9-10H2. The van der Waals surface area contributed by atoms with Crippen molar-refractivity contribution in [1.29, 1.82) is 0 Å². The Kier molecular flexibility index (Phi) is 5.02. The first-order valence-electron chi connectivity index (χ1n) is 7.61. The number of nitrogens with zero attached hydrogens (tertiary/aromatic N) is 1. The summed E-state index contributed by atoms with van der Waals surface area (Å²) < 4.78 is 1.85. The summed E-state index contributed by atoms with van der Waals surface area (Å²) in [6.45, 7) is 2.81. The molecule has 1 atom stereocenters. The molecule has 3 rings (SSSR count). The van der Waals surface area contributed by atoms with Gasteiger partial charge in [0.25, 0.3) is 5.91 Å². The second-order valence-electron chi connectivity index (χ2n) is 6.07. The van der Waals surface area contributed by atoms with Gasteiger partial charge in [0.2, 0.25) is 0 Å². The van der Waals surface area contributed by atoms with Gasteiger partial charge >= 0.3 is 0 Å². The van der Waals surface area contributed by atoms with Gasteiger partial charge in [0.15, 0.2) is 0 Å². The average Bonchev–Trinajstić information content (AvgIpc) is 3.11. The molecule has 21 heavy (non-hydrogen) atoms. The quantitative estimate of drug-likeness (QED) is 0.792. The van der Waals surface area contributed by atoms with E-state index in [-0.39, 0.29) is 5.91 Å². The zero-order valence-electron chi connectivity index (χ0n) is 11.9. The molecule has 5 heteroatoms. The molecule has 1 aliphatic heterocycles. The van der Waals surface area contributed by atoms with E-state index in [0.29, 0.717) is 12.0 Å². The first kappa shape index (κ1) is 15.5. The van der Waals surface area contributed by atoms with Crippen LogP contribution >= 0.6 is 31.9 Å². The fourth-order valence-corrected chi connectivity index (χ4v) is 4.08. The number of benzene rings is 1. The third-order valence-corrected chi connectivity index (χ3v) is 5.38. The van der Waals surface area contributed by atoms with Gasteiger partial charge in [0.1, 0.15) is 0 Å². The van der Waals surface area contributed by atoms with Crippen LogP contribution in [0.15, 0.2) is 27.1 Å². The van der Waals surface area contributed by atoms with Crippen LogP contribution in [-0.2, 0) is 0 Å². The molecule has 1 N–H and O–H groups in total. The Morgan fingerprint density at radius 1 is 1.24 bits per heavy atom. The minimum absolute atomic E-state index is 0.148. The van der Waals surface area contributed by atoms with Gasteiger partial charge in [0, 0.05) is 28.1 Å². The van der Waals surface area contributed by atoms with Crippen molar-refractivity contribution >= 4 is 37.8 Å². The maximum atomic E-state index is 12.9. The maximum Gasteiger partial charge on any atom is 0.255 e. The van der Waals surface area contributed by atoms with Gasteiger partial charge in [0.05, 0.1) is 5.56 Å². The monoisotopic (exact) mass is 414 g/mol. The molecule has 0 aromatic heterocycles. The lowest BCUT2D eigenvalue weighted by Gasteiger charge is -2.26. The van der Waals surface area contributed by atoms with Crippen LogP contribution in [0.1, 0.15) is 36.0 Å². The van der Waals surface area contributed by atoms with Crippen LogP contribution in [0.2, 0.25) is 0 Å². The number of hydrogen-bond acceptors (Lipinski definition) is 2. The summed E-state index contributed by atoms with van der Waals surface area (Å²) in [6, 6.07) is 6.23. The summed E-state index contributed by atoms with van der Waals surface area (Å²) in [5.74, 6) is 0.861. The van der Waals surface area contributed by atoms with E-state index >= 15 is 0 Å². The number of halogens is 2. The molecule has 1 saturated heterocycles. The van der Waals surface area contributed by atoms with Crippen molar-refractivity contribution in [3.8, 4) is 0 Å². The van der Waals surface area contributed by atoms with Crippen molar-refractivity contribution in [1.82, 2.24) is 10.2 Å². The van der Waals surface area contributed by atoms with Crippen LogP contribution in [0.25, 0.3) is 0 Å². The number of carbonyl (C=O) groups excluding carboxylic acids is 1. The van der Waals surface area contributed by atoms with Crippen molar-refractivity contribution in [3.63, 3.8) is 0 Å². The lowest BCUT2D eigenvalue weighted by molar-refractivity contribution is 0.0732. The van der Waals surface area contributed by atoms with Gasteiger partial charge < -0.3 is 10.2 Å². The Bertz CT molecular complexity index is 525. The van der Waals surface area contributed by atoms with Crippen LogP contribution in [0.3, 0.4) is 0 Å². The molecule has 2 fully saturated rings. The molecule has 0 bridgehead atoms. The summed E-state index contributed by atoms with van der Waals surface area (Å²) in [7, 11) is 0. The van der Waals surface area contributed by atoms with Crippen LogP contribution in [-0.4, -0.2) is 36.5 Å². The highest BCUT2D eigenvalue weighted by molar-refractivity contribution is 9.11. The Balaban J connectivity index is 1.75. The summed E-state index contributed by atoms with van der Waals surface area (Å²) >= 11 is 6.96. The van der Waals surface area contributed by atoms with E-state index in [9.17, 15) is 4.79 Å². The van der Waals surface area contributed by atoms with Crippen LogP contribution in [0, 0.1) is 5.92 Å². The molecule has 0 radical (unpaired) electrons. The minimum Gasteiger partial charge on any atom is -0.337 e. The molecule has 1 aromatic carbocycles. The second-order valence-corrected chi connectivity index (χ2v) is 7.84. The molecule has 1 aliphatic carbocycles. The molecule has 1 unspecified atom stereocenters. The third kappa shape index (κ3) is 4.08. The van der Waals surface area contributed by atoms with Crippen molar-refractivity contribution in [3.05, 3.63) is 32.7 Å². The Hall–Kier alpha value is -0.390. The van der Waals surface area contributed by atoms with E-state index in [1.165, 1.54) is 25.7 Å². The van der Waals surface area contributed by atoms with E-state index in [1.54, 1.807) is 0 Å². The summed E-state index contributed by atoms with van der Waals surface area (Å²) in [6.07, 6.45) is 4.93. The van der Waals surface area contributed by atoms with Gasteiger partial charge in [-0.1, -0.05) is 15.9 Å². The summed E-state index contributed by atoms with van der Waals surface area (Å²) in [5.41, 5.74) is 0.761. The molecule has 3 nitrogen and oxygen atoms in total. The van der Waals surface area contributed by atoms with E-state index < -0.39 is 0 Å².